The van der Waals surface area contributed by atoms with Gasteiger partial charge in [0.05, 0.1) is 0 Å². The second kappa shape index (κ2) is 6.89. The van der Waals surface area contributed by atoms with E-state index >= 15 is 0 Å². The summed E-state index contributed by atoms with van der Waals surface area (Å²) in [6.07, 6.45) is 0.781. The Morgan fingerprint density at radius 3 is 2.79 bits per heavy atom. The number of rotatable bonds is 3. The zero-order valence-corrected chi connectivity index (χ0v) is 13.2. The van der Waals surface area contributed by atoms with Crippen molar-refractivity contribution in [2.45, 2.75) is 11.1 Å². The van der Waals surface area contributed by atoms with Gasteiger partial charge in [0.2, 0.25) is 0 Å². The first kappa shape index (κ1) is 14.5. The molecule has 14 heavy (non-hydrogen) atoms. The summed E-state index contributed by atoms with van der Waals surface area (Å²) in [5.74, 6) is -0.121. The molecule has 0 aliphatic rings. The van der Waals surface area contributed by atoms with Crippen LogP contribution in [-0.4, -0.2) is 29.9 Å². The van der Waals surface area contributed by atoms with E-state index in [0.717, 1.165) is 10.2 Å². The van der Waals surface area contributed by atoms with Crippen molar-refractivity contribution in [2.24, 2.45) is 0 Å². The molecule has 6 heteroatoms. The van der Waals surface area contributed by atoms with E-state index in [1.54, 1.807) is 11.3 Å². The predicted octanol–water partition coefficient (Wildman–Crippen LogP) is 2.07. The summed E-state index contributed by atoms with van der Waals surface area (Å²) < 4.78 is 5.77. The number of thiophene rings is 1. The normalized spacial score (nSPS) is 11.6. The standard InChI is InChI=1S/C8H10AsBrO2S.ClH/c1-12-8(11)6(9)4-5-2-3-7(10)13-5;/h2-3,6H,4,9H2,1H3;1H/t6-;/m1./s1. The van der Waals surface area contributed by atoms with Crippen LogP contribution in [0.15, 0.2) is 15.9 Å². The van der Waals surface area contributed by atoms with Gasteiger partial charge in [-0.25, -0.2) is 0 Å². The van der Waals surface area contributed by atoms with Gasteiger partial charge in [0.15, 0.2) is 0 Å². The van der Waals surface area contributed by atoms with Crippen LogP contribution in [0.3, 0.4) is 0 Å². The van der Waals surface area contributed by atoms with Crippen molar-refractivity contribution in [3.05, 3.63) is 20.8 Å². The summed E-state index contributed by atoms with van der Waals surface area (Å²) in [4.78, 5) is 12.3. The van der Waals surface area contributed by atoms with E-state index in [1.165, 1.54) is 28.8 Å². The zero-order chi connectivity index (χ0) is 9.84. The molecule has 0 bridgehead atoms. The van der Waals surface area contributed by atoms with Crippen molar-refractivity contribution in [2.75, 3.05) is 7.11 Å². The van der Waals surface area contributed by atoms with E-state index in [0.29, 0.717) is 0 Å². The molecular weight excluding hydrogens is 350 g/mol. The number of halogens is 2. The largest absolute Gasteiger partial charge is 0.147 e. The molecule has 1 aromatic rings. The summed E-state index contributed by atoms with van der Waals surface area (Å²) in [6, 6.07) is 4.03. The number of carbonyl (C=O) groups excluding carboxylic acids is 1. The Kier molecular flexibility index (Phi) is 7.13. The fourth-order valence-electron chi connectivity index (χ4n) is 0.913. The van der Waals surface area contributed by atoms with E-state index < -0.39 is 0 Å². The molecule has 0 aromatic carbocycles. The van der Waals surface area contributed by atoms with Crippen LogP contribution in [0.5, 0.6) is 0 Å². The van der Waals surface area contributed by atoms with Gasteiger partial charge in [-0.05, 0) is 0 Å². The Morgan fingerprint density at radius 2 is 2.36 bits per heavy atom. The summed E-state index contributed by atoms with van der Waals surface area (Å²) in [7, 11) is 1.43. The molecule has 0 aliphatic carbocycles. The molecule has 0 amide bonds. The second-order valence-corrected chi connectivity index (χ2v) is 6.78. The van der Waals surface area contributed by atoms with Crippen LogP contribution in [0.25, 0.3) is 0 Å². The Morgan fingerprint density at radius 1 is 1.71 bits per heavy atom. The fraction of sp³-hybridized carbons (Fsp3) is 0.375. The third-order valence-corrected chi connectivity index (χ3v) is 4.27. The van der Waals surface area contributed by atoms with Crippen molar-refractivity contribution < 1.29 is 9.53 Å². The third kappa shape index (κ3) is 4.35. The van der Waals surface area contributed by atoms with Crippen molar-refractivity contribution >= 4 is 62.5 Å². The predicted molar refractivity (Wildman–Crippen MR) is 67.3 cm³/mol. The van der Waals surface area contributed by atoms with Crippen molar-refractivity contribution in [3.8, 4) is 0 Å². The van der Waals surface area contributed by atoms with Crippen LogP contribution in [0, 0.1) is 0 Å². The van der Waals surface area contributed by atoms with E-state index in [2.05, 4.69) is 20.7 Å². The Bertz CT molecular complexity index is 305. The maximum Gasteiger partial charge on any atom is -0.147 e. The minimum atomic E-state index is -0.121. The third-order valence-electron chi connectivity index (χ3n) is 1.55. The van der Waals surface area contributed by atoms with Crippen LogP contribution >= 0.6 is 39.7 Å². The van der Waals surface area contributed by atoms with Crippen LogP contribution in [-0.2, 0) is 16.0 Å². The average Bonchev–Trinajstić information content (AvgIpc) is 2.49. The first-order valence-corrected chi connectivity index (χ1v) is 6.72. The van der Waals surface area contributed by atoms with Gasteiger partial charge >= 0.3 is 98.7 Å². The molecule has 1 heterocycles. The summed E-state index contributed by atoms with van der Waals surface area (Å²) in [5, 5.41) is 0. The Hall–Kier alpha value is 0.498. The van der Waals surface area contributed by atoms with Gasteiger partial charge in [-0.1, -0.05) is 0 Å². The maximum absolute atomic E-state index is 11.1. The second-order valence-electron chi connectivity index (χ2n) is 2.54. The summed E-state index contributed by atoms with van der Waals surface area (Å²) >= 11 is 6.46. The van der Waals surface area contributed by atoms with Gasteiger partial charge in [-0.15, -0.1) is 12.4 Å². The molecular formula is C8H11AsBrClO2S. The SMILES string of the molecule is COC(=O)[C@H]([AsH2])Cc1ccc(Br)s1.Cl. The number of ether oxygens (including phenoxy) is 1. The zero-order valence-electron chi connectivity index (χ0n) is 7.53. The molecule has 2 nitrogen and oxygen atoms in total. The Balaban J connectivity index is 0.00000169. The Labute approximate surface area is 110 Å². The molecule has 1 rings (SSSR count). The first-order valence-electron chi connectivity index (χ1n) is 3.71. The molecule has 0 saturated heterocycles. The number of hydrogen-bond donors (Lipinski definition) is 0. The number of carbonyl (C=O) groups is 1. The molecule has 0 N–H and O–H groups in total. The monoisotopic (exact) mass is 360 g/mol. The maximum atomic E-state index is 11.1. The number of hydrogen-bond acceptors (Lipinski definition) is 3. The molecule has 0 saturated carbocycles. The fourth-order valence-corrected chi connectivity index (χ4v) is 3.63. The van der Waals surface area contributed by atoms with Crippen LogP contribution in [0.1, 0.15) is 4.88 Å². The summed E-state index contributed by atoms with van der Waals surface area (Å²) in [6.45, 7) is 0. The van der Waals surface area contributed by atoms with Crippen LogP contribution < -0.4 is 0 Å². The van der Waals surface area contributed by atoms with Gasteiger partial charge in [0.1, 0.15) is 0 Å². The van der Waals surface area contributed by atoms with E-state index in [9.17, 15) is 4.79 Å². The number of esters is 1. The summed E-state index contributed by atoms with van der Waals surface area (Å²) in [5.41, 5.74) is 0. The van der Waals surface area contributed by atoms with Gasteiger partial charge in [-0.3, -0.25) is 0 Å². The van der Waals surface area contributed by atoms with Crippen molar-refractivity contribution in [3.63, 3.8) is 0 Å². The van der Waals surface area contributed by atoms with E-state index in [4.69, 9.17) is 0 Å². The molecule has 0 spiro atoms. The van der Waals surface area contributed by atoms with Gasteiger partial charge in [0.25, 0.3) is 0 Å². The van der Waals surface area contributed by atoms with E-state index in [1.807, 2.05) is 12.1 Å². The average molecular weight is 362 g/mol. The topological polar surface area (TPSA) is 26.3 Å². The van der Waals surface area contributed by atoms with Crippen LogP contribution in [0.4, 0.5) is 0 Å². The molecule has 0 fully saturated rings. The molecule has 0 aliphatic heterocycles. The van der Waals surface area contributed by atoms with Crippen molar-refractivity contribution in [1.29, 1.82) is 0 Å². The molecule has 2 atom stereocenters. The van der Waals surface area contributed by atoms with Crippen LogP contribution in [0.2, 0.25) is 4.71 Å². The quantitative estimate of drug-likeness (QED) is 0.609. The molecule has 0 radical (unpaired) electrons. The smallest absolute Gasteiger partial charge is 0.147 e. The first-order chi connectivity index (χ1) is 6.13. The minimum absolute atomic E-state index is 0. The molecule has 80 valence electrons. The number of methoxy groups -OCH3 is 1. The van der Waals surface area contributed by atoms with Gasteiger partial charge in [0, 0.05) is 0 Å². The van der Waals surface area contributed by atoms with Crippen molar-refractivity contribution in [1.82, 2.24) is 0 Å². The minimum Gasteiger partial charge on any atom is -0.147 e. The molecule has 1 unspecified atom stereocenters. The van der Waals surface area contributed by atoms with E-state index in [-0.39, 0.29) is 23.1 Å². The van der Waals surface area contributed by atoms with Gasteiger partial charge < -0.3 is 0 Å². The van der Waals surface area contributed by atoms with Gasteiger partial charge in [-0.2, -0.15) is 0 Å². The molecule has 1 aromatic heterocycles.